The molecule has 0 radical (unpaired) electrons. The van der Waals surface area contributed by atoms with Gasteiger partial charge in [-0.1, -0.05) is 35.2 Å². The maximum atomic E-state index is 9.98. The second-order valence-corrected chi connectivity index (χ2v) is 6.16. The van der Waals surface area contributed by atoms with Crippen LogP contribution in [-0.2, 0) is 0 Å². The van der Waals surface area contributed by atoms with Gasteiger partial charge in [0.25, 0.3) is 0 Å². The largest absolute Gasteiger partial charge is 0.508 e. The van der Waals surface area contributed by atoms with Crippen LogP contribution >= 0.6 is 22.6 Å². The van der Waals surface area contributed by atoms with Gasteiger partial charge in [-0.3, -0.25) is 0 Å². The van der Waals surface area contributed by atoms with Crippen molar-refractivity contribution in [3.8, 4) is 0 Å². The number of aliphatic imine (C=N–C) groups is 2. The second-order valence-electron chi connectivity index (χ2n) is 4.29. The Bertz CT molecular complexity index is 533. The van der Waals surface area contributed by atoms with Crippen LogP contribution in [0.15, 0.2) is 51.3 Å². The number of allylic oxidation sites excluding steroid dienone is 1. The monoisotopic (exact) mass is 370 g/mol. The summed E-state index contributed by atoms with van der Waals surface area (Å²) >= 11 is 2.32. The van der Waals surface area contributed by atoms with E-state index in [4.69, 9.17) is 0 Å². The Morgan fingerprint density at radius 3 is 3.26 bits per heavy atom. The Kier molecular flexibility index (Phi) is 4.18. The fourth-order valence-corrected chi connectivity index (χ4v) is 2.73. The number of halogens is 1. The zero-order chi connectivity index (χ0) is 13.9. The van der Waals surface area contributed by atoms with E-state index in [2.05, 4.69) is 49.7 Å². The van der Waals surface area contributed by atoms with E-state index >= 15 is 0 Å². The van der Waals surface area contributed by atoms with Crippen molar-refractivity contribution in [3.63, 3.8) is 0 Å². The highest BCUT2D eigenvalue weighted by atomic mass is 127. The highest BCUT2D eigenvalue weighted by molar-refractivity contribution is 14.1. The van der Waals surface area contributed by atoms with Gasteiger partial charge in [-0.15, -0.1) is 0 Å². The molecule has 0 saturated heterocycles. The van der Waals surface area contributed by atoms with E-state index in [9.17, 15) is 5.11 Å². The van der Waals surface area contributed by atoms with Crippen molar-refractivity contribution in [1.82, 2.24) is 5.43 Å². The molecule has 2 aliphatic rings. The molecule has 1 heterocycles. The number of hydrazone groups is 1. The summed E-state index contributed by atoms with van der Waals surface area (Å²) in [6.07, 6.45) is 9.39. The van der Waals surface area contributed by atoms with Crippen LogP contribution in [0.2, 0.25) is 0 Å². The number of alkyl halides is 1. The van der Waals surface area contributed by atoms with Crippen LogP contribution < -0.4 is 5.43 Å². The van der Waals surface area contributed by atoms with Crippen LogP contribution in [0.1, 0.15) is 13.3 Å². The third-order valence-electron chi connectivity index (χ3n) is 2.87. The van der Waals surface area contributed by atoms with E-state index in [1.807, 2.05) is 12.3 Å². The molecule has 19 heavy (non-hydrogen) atoms. The lowest BCUT2D eigenvalue weighted by Crippen LogP contribution is -2.39. The highest BCUT2D eigenvalue weighted by Gasteiger charge is 2.39. The maximum absolute atomic E-state index is 9.98. The summed E-state index contributed by atoms with van der Waals surface area (Å²) in [5.74, 6) is 0.918. The molecule has 2 N–H and O–H groups in total. The molecule has 2 rings (SSSR count). The molecule has 5 nitrogen and oxygen atoms in total. The summed E-state index contributed by atoms with van der Waals surface area (Å²) in [5.41, 5.74) is 3.80. The topological polar surface area (TPSA) is 69.3 Å². The fraction of sp³-hybridized carbons (Fsp3) is 0.308. The van der Waals surface area contributed by atoms with Gasteiger partial charge in [0.15, 0.2) is 0 Å². The maximum Gasteiger partial charge on any atom is 0.124 e. The van der Waals surface area contributed by atoms with Crippen LogP contribution in [0, 0.1) is 0 Å². The Labute approximate surface area is 125 Å². The minimum atomic E-state index is -0.211. The van der Waals surface area contributed by atoms with Gasteiger partial charge in [0, 0.05) is 25.0 Å². The van der Waals surface area contributed by atoms with Crippen molar-refractivity contribution in [3.05, 3.63) is 36.3 Å². The molecule has 0 bridgehead atoms. The Morgan fingerprint density at radius 1 is 1.74 bits per heavy atom. The van der Waals surface area contributed by atoms with Crippen molar-refractivity contribution in [2.24, 2.45) is 15.1 Å². The van der Waals surface area contributed by atoms with Crippen LogP contribution in [0.4, 0.5) is 0 Å². The van der Waals surface area contributed by atoms with Gasteiger partial charge in [0.2, 0.25) is 0 Å². The summed E-state index contributed by atoms with van der Waals surface area (Å²) in [5, 5.41) is 14.0. The first-order valence-corrected chi connectivity index (χ1v) is 6.92. The van der Waals surface area contributed by atoms with Gasteiger partial charge < -0.3 is 10.5 Å². The quantitative estimate of drug-likeness (QED) is 0.347. The van der Waals surface area contributed by atoms with Gasteiger partial charge in [-0.05, 0) is 18.6 Å². The van der Waals surface area contributed by atoms with Crippen molar-refractivity contribution in [1.29, 1.82) is 0 Å². The van der Waals surface area contributed by atoms with Crippen LogP contribution in [0.5, 0.6) is 0 Å². The van der Waals surface area contributed by atoms with Crippen molar-refractivity contribution in [2.75, 3.05) is 0 Å². The van der Waals surface area contributed by atoms with E-state index in [0.29, 0.717) is 12.3 Å². The number of aliphatic hydroxyl groups excluding tert-OH is 1. The summed E-state index contributed by atoms with van der Waals surface area (Å²) in [6.45, 7) is 5.31. The molecule has 0 spiro atoms. The summed E-state index contributed by atoms with van der Waals surface area (Å²) in [6, 6.07) is 0.0119. The molecule has 0 aromatic heterocycles. The first-order chi connectivity index (χ1) is 9.05. The van der Waals surface area contributed by atoms with Crippen LogP contribution in [0.25, 0.3) is 0 Å². The number of fused-ring (bicyclic) bond motifs is 1. The minimum absolute atomic E-state index is 0.0119. The summed E-state index contributed by atoms with van der Waals surface area (Å²) < 4.78 is -0.211. The Balaban J connectivity index is 2.10. The zero-order valence-corrected chi connectivity index (χ0v) is 12.7. The SMILES string of the molecule is C=CN=C(C)N=CCC1=C[C@@]2(I)C=NNC2C=C1O. The number of amidine groups is 1. The predicted molar refractivity (Wildman–Crippen MR) is 87.4 cm³/mol. The van der Waals surface area contributed by atoms with Crippen molar-refractivity contribution < 1.29 is 5.11 Å². The average molecular weight is 370 g/mol. The lowest BCUT2D eigenvalue weighted by Gasteiger charge is -2.26. The first kappa shape index (κ1) is 14.0. The molecule has 0 aromatic carbocycles. The van der Waals surface area contributed by atoms with E-state index in [-0.39, 0.29) is 15.2 Å². The number of nitrogens with one attached hydrogen (secondary N) is 1. The molecule has 100 valence electrons. The normalized spacial score (nSPS) is 29.8. The average Bonchev–Trinajstić information content (AvgIpc) is 2.71. The molecule has 1 aliphatic carbocycles. The van der Waals surface area contributed by atoms with E-state index < -0.39 is 0 Å². The molecule has 0 saturated carbocycles. The van der Waals surface area contributed by atoms with E-state index in [1.165, 1.54) is 6.20 Å². The lowest BCUT2D eigenvalue weighted by molar-refractivity contribution is 0.409. The number of aliphatic hydroxyl groups is 1. The molecule has 1 unspecified atom stereocenters. The standard InChI is InChI=1S/C13H15IN4O/c1-3-15-9(2)16-5-4-10-7-13(14)8-17-18-12(13)6-11(10)19/h3,5-8,12,18-19H,1,4H2,2H3/t12?,13-/m1/s1. The highest BCUT2D eigenvalue weighted by Crippen LogP contribution is 2.35. The zero-order valence-electron chi connectivity index (χ0n) is 10.5. The van der Waals surface area contributed by atoms with Crippen molar-refractivity contribution >= 4 is 40.9 Å². The van der Waals surface area contributed by atoms with Crippen molar-refractivity contribution in [2.45, 2.75) is 22.8 Å². The first-order valence-electron chi connectivity index (χ1n) is 5.84. The van der Waals surface area contributed by atoms with Crippen LogP contribution in [-0.4, -0.2) is 32.8 Å². The van der Waals surface area contributed by atoms with Gasteiger partial charge in [0.05, 0.1) is 6.04 Å². The second kappa shape index (κ2) is 5.68. The molecule has 6 heteroatoms. The summed E-state index contributed by atoms with van der Waals surface area (Å²) in [7, 11) is 0. The Morgan fingerprint density at radius 2 is 2.53 bits per heavy atom. The van der Waals surface area contributed by atoms with Gasteiger partial charge in [-0.25, -0.2) is 9.98 Å². The van der Waals surface area contributed by atoms with Gasteiger partial charge in [0.1, 0.15) is 15.0 Å². The number of rotatable bonds is 3. The molecular weight excluding hydrogens is 355 g/mol. The minimum Gasteiger partial charge on any atom is -0.508 e. The molecule has 0 fully saturated rings. The number of hydrogen-bond acceptors (Lipinski definition) is 4. The van der Waals surface area contributed by atoms with E-state index in [1.54, 1.807) is 19.2 Å². The summed E-state index contributed by atoms with van der Waals surface area (Å²) in [4.78, 5) is 8.12. The van der Waals surface area contributed by atoms with Crippen LogP contribution in [0.3, 0.4) is 0 Å². The number of hydrogen-bond donors (Lipinski definition) is 2. The molecule has 0 aromatic rings. The predicted octanol–water partition coefficient (Wildman–Crippen LogP) is 2.52. The van der Waals surface area contributed by atoms with E-state index in [0.717, 1.165) is 5.57 Å². The third-order valence-corrected chi connectivity index (χ3v) is 4.13. The van der Waals surface area contributed by atoms with Gasteiger partial charge in [-0.2, -0.15) is 5.10 Å². The third kappa shape index (κ3) is 3.12. The smallest absolute Gasteiger partial charge is 0.124 e. The fourth-order valence-electron chi connectivity index (χ4n) is 1.90. The van der Waals surface area contributed by atoms with Gasteiger partial charge >= 0.3 is 0 Å². The molecule has 0 amide bonds. The molecule has 1 aliphatic heterocycles. The molecular formula is C13H15IN4O. The Hall–Kier alpha value is -1.44. The molecule has 2 atom stereocenters. The number of nitrogens with zero attached hydrogens (tertiary/aromatic N) is 3. The lowest BCUT2D eigenvalue weighted by atomic mass is 9.91.